The summed E-state index contributed by atoms with van der Waals surface area (Å²) < 4.78 is 25.9. The second-order valence-electron chi connectivity index (χ2n) is 5.57. The van der Waals surface area contributed by atoms with E-state index in [1.807, 2.05) is 0 Å². The van der Waals surface area contributed by atoms with Gasteiger partial charge in [0.15, 0.2) is 5.13 Å². The van der Waals surface area contributed by atoms with Crippen LogP contribution in [0.15, 0.2) is 29.2 Å². The third-order valence-electron chi connectivity index (χ3n) is 3.82. The second-order valence-corrected chi connectivity index (χ2v) is 8.54. The van der Waals surface area contributed by atoms with E-state index in [-0.39, 0.29) is 16.4 Å². The number of carbonyl (C=O) groups excluding carboxylic acids is 1. The minimum Gasteiger partial charge on any atom is -0.301 e. The Kier molecular flexibility index (Phi) is 4.68. The summed E-state index contributed by atoms with van der Waals surface area (Å²) in [5.74, 6) is -0.373. The molecule has 1 aliphatic rings. The predicted molar refractivity (Wildman–Crippen MR) is 92.8 cm³/mol. The molecule has 1 amide bonds. The number of likely N-dealkylation sites (N-methyl/N-ethyl adjacent to an activating group) is 1. The summed E-state index contributed by atoms with van der Waals surface area (Å²) in [7, 11) is -0.201. The highest BCUT2D eigenvalue weighted by Gasteiger charge is 2.20. The monoisotopic (exact) mass is 366 g/mol. The van der Waals surface area contributed by atoms with Gasteiger partial charge in [-0.1, -0.05) is 6.07 Å². The molecule has 9 heteroatoms. The van der Waals surface area contributed by atoms with Gasteiger partial charge in [0.1, 0.15) is 0 Å². The quantitative estimate of drug-likeness (QED) is 0.851. The maximum atomic E-state index is 12.4. The van der Waals surface area contributed by atoms with Gasteiger partial charge in [-0.05, 0) is 32.3 Å². The Morgan fingerprint density at radius 1 is 1.38 bits per heavy atom. The first kappa shape index (κ1) is 17.0. The van der Waals surface area contributed by atoms with E-state index in [0.29, 0.717) is 5.13 Å². The first-order valence-corrected chi connectivity index (χ1v) is 9.71. The maximum absolute atomic E-state index is 12.4. The molecule has 0 saturated heterocycles. The summed E-state index contributed by atoms with van der Waals surface area (Å²) in [6.45, 7) is 1.78. The van der Waals surface area contributed by atoms with Crippen molar-refractivity contribution in [1.82, 2.24) is 14.6 Å². The molecular formula is C15H18N4O3S2. The summed E-state index contributed by atoms with van der Waals surface area (Å²) in [5, 5.41) is 3.31. The van der Waals surface area contributed by atoms with Crippen molar-refractivity contribution in [3.8, 4) is 0 Å². The van der Waals surface area contributed by atoms with Gasteiger partial charge < -0.3 is 4.90 Å². The Hall–Kier alpha value is -1.81. The van der Waals surface area contributed by atoms with E-state index in [1.165, 1.54) is 30.5 Å². The Morgan fingerprint density at radius 3 is 2.92 bits per heavy atom. The molecule has 1 aromatic carbocycles. The van der Waals surface area contributed by atoms with Gasteiger partial charge in [0.05, 0.1) is 10.6 Å². The third-order valence-corrected chi connectivity index (χ3v) is 6.23. The molecule has 0 spiro atoms. The number of nitrogens with zero attached hydrogens (tertiary/aromatic N) is 2. The topological polar surface area (TPSA) is 91.4 Å². The van der Waals surface area contributed by atoms with Crippen LogP contribution in [0.2, 0.25) is 0 Å². The zero-order valence-corrected chi connectivity index (χ0v) is 15.0. The van der Waals surface area contributed by atoms with Crippen molar-refractivity contribution in [2.45, 2.75) is 17.9 Å². The highest BCUT2D eigenvalue weighted by Crippen LogP contribution is 2.28. The number of nitrogens with one attached hydrogen (secondary N) is 2. The van der Waals surface area contributed by atoms with Crippen LogP contribution in [-0.4, -0.2) is 44.8 Å². The second kappa shape index (κ2) is 6.60. The number of rotatable bonds is 4. The number of thiazole rings is 1. The first-order chi connectivity index (χ1) is 11.4. The van der Waals surface area contributed by atoms with Gasteiger partial charge in [-0.15, -0.1) is 11.3 Å². The van der Waals surface area contributed by atoms with Crippen LogP contribution in [0.25, 0.3) is 0 Å². The number of benzene rings is 1. The molecule has 0 aliphatic carbocycles. The lowest BCUT2D eigenvalue weighted by molar-refractivity contribution is 0.102. The Balaban J connectivity index is 1.80. The largest absolute Gasteiger partial charge is 0.301 e. The molecule has 0 bridgehead atoms. The zero-order chi connectivity index (χ0) is 17.3. The van der Waals surface area contributed by atoms with Gasteiger partial charge in [-0.3, -0.25) is 10.1 Å². The molecule has 128 valence electrons. The number of aromatic nitrogens is 1. The van der Waals surface area contributed by atoms with Crippen molar-refractivity contribution in [1.29, 1.82) is 0 Å². The van der Waals surface area contributed by atoms with Crippen LogP contribution in [0.4, 0.5) is 5.13 Å². The molecule has 2 heterocycles. The fourth-order valence-corrected chi connectivity index (χ4v) is 4.33. The van der Waals surface area contributed by atoms with E-state index < -0.39 is 10.0 Å². The van der Waals surface area contributed by atoms with E-state index in [2.05, 4.69) is 27.0 Å². The van der Waals surface area contributed by atoms with Gasteiger partial charge in [0.25, 0.3) is 5.91 Å². The van der Waals surface area contributed by atoms with Crippen LogP contribution in [0, 0.1) is 0 Å². The van der Waals surface area contributed by atoms with Crippen LogP contribution in [0.3, 0.4) is 0 Å². The molecule has 1 aliphatic heterocycles. The van der Waals surface area contributed by atoms with Crippen LogP contribution >= 0.6 is 11.3 Å². The first-order valence-electron chi connectivity index (χ1n) is 7.41. The number of amides is 1. The fraction of sp³-hybridized carbons (Fsp3) is 0.333. The third kappa shape index (κ3) is 3.48. The molecular weight excluding hydrogens is 348 g/mol. The van der Waals surface area contributed by atoms with Crippen LogP contribution in [0.5, 0.6) is 0 Å². The van der Waals surface area contributed by atoms with E-state index in [0.717, 1.165) is 30.1 Å². The van der Waals surface area contributed by atoms with Crippen molar-refractivity contribution in [3.63, 3.8) is 0 Å². The Morgan fingerprint density at radius 2 is 2.17 bits per heavy atom. The molecule has 0 atom stereocenters. The van der Waals surface area contributed by atoms with Gasteiger partial charge >= 0.3 is 0 Å². The van der Waals surface area contributed by atoms with Crippen molar-refractivity contribution in [3.05, 3.63) is 40.4 Å². The molecule has 0 radical (unpaired) electrons. The van der Waals surface area contributed by atoms with Crippen molar-refractivity contribution in [2.24, 2.45) is 0 Å². The Labute approximate surface area is 144 Å². The molecule has 7 nitrogen and oxygen atoms in total. The number of sulfonamides is 1. The van der Waals surface area contributed by atoms with E-state index in [9.17, 15) is 13.2 Å². The summed E-state index contributed by atoms with van der Waals surface area (Å²) in [6.07, 6.45) is 0.869. The number of anilines is 1. The standard InChI is InChI=1S/C15H18N4O3S2/c1-16-24(21,22)11-5-3-4-10(8-11)14(20)18-15-17-12-6-7-19(2)9-13(12)23-15/h3-5,8,16H,6-7,9H2,1-2H3,(H,17,18,20). The summed E-state index contributed by atoms with van der Waals surface area (Å²) in [4.78, 5) is 20.3. The number of carbonyl (C=O) groups is 1. The van der Waals surface area contributed by atoms with Crippen molar-refractivity contribution < 1.29 is 13.2 Å². The average Bonchev–Trinajstić information content (AvgIpc) is 2.96. The lowest BCUT2D eigenvalue weighted by Gasteiger charge is -2.20. The number of hydrogen-bond acceptors (Lipinski definition) is 6. The molecule has 0 saturated carbocycles. The minimum atomic E-state index is -3.58. The van der Waals surface area contributed by atoms with Crippen molar-refractivity contribution >= 4 is 32.4 Å². The highest BCUT2D eigenvalue weighted by atomic mass is 32.2. The molecule has 2 aromatic rings. The smallest absolute Gasteiger partial charge is 0.257 e. The highest BCUT2D eigenvalue weighted by molar-refractivity contribution is 7.89. The lowest BCUT2D eigenvalue weighted by atomic mass is 10.2. The van der Waals surface area contributed by atoms with Gasteiger partial charge in [0.2, 0.25) is 10.0 Å². The SMILES string of the molecule is CNS(=O)(=O)c1cccc(C(=O)Nc2nc3c(s2)CN(C)CC3)c1. The van der Waals surface area contributed by atoms with E-state index in [1.54, 1.807) is 12.1 Å². The molecule has 3 rings (SSSR count). The van der Waals surface area contributed by atoms with Crippen LogP contribution < -0.4 is 10.0 Å². The van der Waals surface area contributed by atoms with Gasteiger partial charge in [-0.2, -0.15) is 0 Å². The molecule has 1 aromatic heterocycles. The minimum absolute atomic E-state index is 0.0534. The zero-order valence-electron chi connectivity index (χ0n) is 13.4. The Bertz CT molecular complexity index is 877. The van der Waals surface area contributed by atoms with Gasteiger partial charge in [-0.25, -0.2) is 18.1 Å². The van der Waals surface area contributed by atoms with E-state index in [4.69, 9.17) is 0 Å². The summed E-state index contributed by atoms with van der Waals surface area (Å²) >= 11 is 1.46. The van der Waals surface area contributed by atoms with E-state index >= 15 is 0 Å². The van der Waals surface area contributed by atoms with Crippen LogP contribution in [0.1, 0.15) is 20.9 Å². The molecule has 2 N–H and O–H groups in total. The van der Waals surface area contributed by atoms with Crippen LogP contribution in [-0.2, 0) is 23.0 Å². The summed E-state index contributed by atoms with van der Waals surface area (Å²) in [5.41, 5.74) is 1.30. The number of hydrogen-bond donors (Lipinski definition) is 2. The normalized spacial score (nSPS) is 15.1. The molecule has 0 unspecified atom stereocenters. The number of fused-ring (bicyclic) bond motifs is 1. The lowest BCUT2D eigenvalue weighted by Crippen LogP contribution is -2.25. The molecule has 0 fully saturated rings. The maximum Gasteiger partial charge on any atom is 0.257 e. The fourth-order valence-electron chi connectivity index (χ4n) is 2.47. The van der Waals surface area contributed by atoms with Gasteiger partial charge in [0, 0.05) is 30.0 Å². The predicted octanol–water partition coefficient (Wildman–Crippen LogP) is 1.29. The summed E-state index contributed by atoms with van der Waals surface area (Å²) in [6, 6.07) is 5.91. The molecule has 24 heavy (non-hydrogen) atoms. The average molecular weight is 366 g/mol. The van der Waals surface area contributed by atoms with Crippen molar-refractivity contribution in [2.75, 3.05) is 26.0 Å².